The number of para-hydroxylation sites is 2. The second kappa shape index (κ2) is 9.06. The van der Waals surface area contributed by atoms with Crippen LogP contribution in [0.5, 0.6) is 11.5 Å². The van der Waals surface area contributed by atoms with Crippen LogP contribution in [0.3, 0.4) is 0 Å². The van der Waals surface area contributed by atoms with Gasteiger partial charge < -0.3 is 9.47 Å². The van der Waals surface area contributed by atoms with E-state index in [1.807, 2.05) is 60.7 Å². The molecule has 0 N–H and O–H groups in total. The average molecular weight is 283 g/mol. The summed E-state index contributed by atoms with van der Waals surface area (Å²) in [5.41, 5.74) is 0. The standard InChI is InChI=1S/C19H23O2/c1-2-17(13-15-20-18-9-5-3-6-10-18)14-16-21-19-11-7-4-8-12-19/h3-12,17H,1-2,13-16H2. The Morgan fingerprint density at radius 2 is 1.14 bits per heavy atom. The van der Waals surface area contributed by atoms with Crippen LogP contribution < -0.4 is 9.47 Å². The highest BCUT2D eigenvalue weighted by Gasteiger charge is 2.07. The van der Waals surface area contributed by atoms with Crippen molar-refractivity contribution in [3.63, 3.8) is 0 Å². The van der Waals surface area contributed by atoms with Crippen molar-refractivity contribution in [1.82, 2.24) is 0 Å². The minimum atomic E-state index is 0.539. The molecular weight excluding hydrogens is 260 g/mol. The lowest BCUT2D eigenvalue weighted by Crippen LogP contribution is -2.10. The van der Waals surface area contributed by atoms with E-state index in [1.165, 1.54) is 0 Å². The zero-order valence-corrected chi connectivity index (χ0v) is 12.4. The molecule has 2 aromatic carbocycles. The summed E-state index contributed by atoms with van der Waals surface area (Å²) in [4.78, 5) is 0. The van der Waals surface area contributed by atoms with Gasteiger partial charge in [0.1, 0.15) is 11.5 Å². The fourth-order valence-corrected chi connectivity index (χ4v) is 2.15. The molecule has 2 aromatic rings. The number of ether oxygens (including phenoxy) is 2. The molecule has 0 aromatic heterocycles. The van der Waals surface area contributed by atoms with Crippen LogP contribution in [0, 0.1) is 12.8 Å². The van der Waals surface area contributed by atoms with E-state index in [2.05, 4.69) is 6.92 Å². The molecule has 2 rings (SSSR count). The Morgan fingerprint density at radius 3 is 1.52 bits per heavy atom. The Bertz CT molecular complexity index is 436. The van der Waals surface area contributed by atoms with Crippen molar-refractivity contribution >= 4 is 0 Å². The maximum absolute atomic E-state index is 5.73. The van der Waals surface area contributed by atoms with Crippen LogP contribution >= 0.6 is 0 Å². The monoisotopic (exact) mass is 283 g/mol. The molecule has 2 nitrogen and oxygen atoms in total. The molecule has 0 aliphatic heterocycles. The lowest BCUT2D eigenvalue weighted by Gasteiger charge is -2.15. The molecule has 2 heteroatoms. The largest absolute Gasteiger partial charge is 0.494 e. The molecule has 0 aliphatic rings. The zero-order chi connectivity index (χ0) is 14.8. The molecule has 0 amide bonds. The Morgan fingerprint density at radius 1 is 0.714 bits per heavy atom. The maximum atomic E-state index is 5.73. The van der Waals surface area contributed by atoms with Gasteiger partial charge in [-0.15, -0.1) is 0 Å². The van der Waals surface area contributed by atoms with E-state index in [9.17, 15) is 0 Å². The van der Waals surface area contributed by atoms with Crippen molar-refractivity contribution in [2.24, 2.45) is 5.92 Å². The minimum absolute atomic E-state index is 0.539. The van der Waals surface area contributed by atoms with Crippen LogP contribution in [0.4, 0.5) is 0 Å². The van der Waals surface area contributed by atoms with Crippen LogP contribution in [0.15, 0.2) is 60.7 Å². The highest BCUT2D eigenvalue weighted by molar-refractivity contribution is 5.21. The maximum Gasteiger partial charge on any atom is 0.119 e. The third kappa shape index (κ3) is 5.90. The van der Waals surface area contributed by atoms with Crippen molar-refractivity contribution in [3.05, 3.63) is 67.6 Å². The van der Waals surface area contributed by atoms with E-state index in [4.69, 9.17) is 9.47 Å². The van der Waals surface area contributed by atoms with Gasteiger partial charge in [-0.3, -0.25) is 0 Å². The Hall–Kier alpha value is -1.96. The topological polar surface area (TPSA) is 18.5 Å². The van der Waals surface area contributed by atoms with E-state index in [-0.39, 0.29) is 0 Å². The van der Waals surface area contributed by atoms with E-state index in [1.54, 1.807) is 0 Å². The fourth-order valence-electron chi connectivity index (χ4n) is 2.15. The second-order valence-electron chi connectivity index (χ2n) is 5.06. The lowest BCUT2D eigenvalue weighted by molar-refractivity contribution is 0.237. The fraction of sp³-hybridized carbons (Fsp3) is 0.316. The van der Waals surface area contributed by atoms with Gasteiger partial charge in [0, 0.05) is 0 Å². The molecule has 21 heavy (non-hydrogen) atoms. The van der Waals surface area contributed by atoms with Gasteiger partial charge in [0.05, 0.1) is 13.2 Å². The predicted octanol–water partition coefficient (Wildman–Crippen LogP) is 4.76. The third-order valence-electron chi connectivity index (χ3n) is 3.48. The first-order valence-electron chi connectivity index (χ1n) is 7.53. The van der Waals surface area contributed by atoms with Crippen LogP contribution in [-0.4, -0.2) is 13.2 Å². The molecule has 0 atom stereocenters. The van der Waals surface area contributed by atoms with Gasteiger partial charge in [-0.05, 0) is 43.0 Å². The van der Waals surface area contributed by atoms with Crippen LogP contribution in [0.25, 0.3) is 0 Å². The lowest BCUT2D eigenvalue weighted by atomic mass is 9.99. The van der Waals surface area contributed by atoms with Gasteiger partial charge >= 0.3 is 0 Å². The third-order valence-corrected chi connectivity index (χ3v) is 3.48. The number of benzene rings is 2. The van der Waals surface area contributed by atoms with Gasteiger partial charge in [-0.1, -0.05) is 49.7 Å². The van der Waals surface area contributed by atoms with E-state index in [0.717, 1.165) is 44.0 Å². The summed E-state index contributed by atoms with van der Waals surface area (Å²) in [5, 5.41) is 0. The van der Waals surface area contributed by atoms with E-state index < -0.39 is 0 Å². The van der Waals surface area contributed by atoms with Crippen molar-refractivity contribution in [2.45, 2.75) is 19.3 Å². The van der Waals surface area contributed by atoms with Crippen molar-refractivity contribution in [3.8, 4) is 11.5 Å². The summed E-state index contributed by atoms with van der Waals surface area (Å²) in [6.07, 6.45) is 2.93. The van der Waals surface area contributed by atoms with Crippen molar-refractivity contribution < 1.29 is 9.47 Å². The quantitative estimate of drug-likeness (QED) is 0.660. The summed E-state index contributed by atoms with van der Waals surface area (Å²) in [7, 11) is 0. The molecule has 0 heterocycles. The second-order valence-corrected chi connectivity index (χ2v) is 5.06. The van der Waals surface area contributed by atoms with Gasteiger partial charge in [0.15, 0.2) is 0 Å². The van der Waals surface area contributed by atoms with Gasteiger partial charge in [0.25, 0.3) is 0 Å². The normalized spacial score (nSPS) is 10.6. The van der Waals surface area contributed by atoms with Crippen molar-refractivity contribution in [1.29, 1.82) is 0 Å². The highest BCUT2D eigenvalue weighted by atomic mass is 16.5. The number of rotatable bonds is 9. The molecule has 111 valence electrons. The molecule has 0 unspecified atom stereocenters. The molecule has 0 aliphatic carbocycles. The summed E-state index contributed by atoms with van der Waals surface area (Å²) in [6, 6.07) is 19.9. The summed E-state index contributed by atoms with van der Waals surface area (Å²) in [6.45, 7) is 5.49. The number of hydrogen-bond donors (Lipinski definition) is 0. The highest BCUT2D eigenvalue weighted by Crippen LogP contribution is 2.16. The van der Waals surface area contributed by atoms with E-state index >= 15 is 0 Å². The van der Waals surface area contributed by atoms with Gasteiger partial charge in [-0.25, -0.2) is 0 Å². The molecule has 0 saturated heterocycles. The van der Waals surface area contributed by atoms with Gasteiger partial charge in [0.2, 0.25) is 0 Å². The average Bonchev–Trinajstić information content (AvgIpc) is 2.55. The molecule has 0 bridgehead atoms. The molecular formula is C19H23O2. The minimum Gasteiger partial charge on any atom is -0.494 e. The van der Waals surface area contributed by atoms with Crippen molar-refractivity contribution in [2.75, 3.05) is 13.2 Å². The van der Waals surface area contributed by atoms with E-state index in [0.29, 0.717) is 5.92 Å². The Kier molecular flexibility index (Phi) is 6.66. The molecule has 0 fully saturated rings. The smallest absolute Gasteiger partial charge is 0.119 e. The Labute approximate surface area is 127 Å². The first kappa shape index (κ1) is 15.4. The number of hydrogen-bond acceptors (Lipinski definition) is 2. The van der Waals surface area contributed by atoms with Gasteiger partial charge in [-0.2, -0.15) is 0 Å². The molecule has 1 radical (unpaired) electrons. The summed E-state index contributed by atoms with van der Waals surface area (Å²) in [5.74, 6) is 2.40. The molecule has 0 saturated carbocycles. The first-order valence-corrected chi connectivity index (χ1v) is 7.53. The first-order chi connectivity index (χ1) is 10.4. The predicted molar refractivity (Wildman–Crippen MR) is 86.6 cm³/mol. The van der Waals surface area contributed by atoms with Crippen LogP contribution in [0.2, 0.25) is 0 Å². The summed E-state index contributed by atoms with van der Waals surface area (Å²) < 4.78 is 11.5. The zero-order valence-electron chi connectivity index (χ0n) is 12.4. The Balaban J connectivity index is 1.64. The molecule has 0 spiro atoms. The van der Waals surface area contributed by atoms with Crippen LogP contribution in [-0.2, 0) is 0 Å². The summed E-state index contributed by atoms with van der Waals surface area (Å²) >= 11 is 0. The van der Waals surface area contributed by atoms with Crippen LogP contribution in [0.1, 0.15) is 19.3 Å². The SMILES string of the molecule is [CH2]CC(CCOc1ccccc1)CCOc1ccccc1.